The van der Waals surface area contributed by atoms with Crippen LogP contribution in [-0.4, -0.2) is 24.9 Å². The Kier molecular flexibility index (Phi) is 3.73. The second-order valence-corrected chi connectivity index (χ2v) is 5.33. The molecule has 0 radical (unpaired) electrons. The van der Waals surface area contributed by atoms with Crippen molar-refractivity contribution in [2.45, 2.75) is 11.4 Å². The third-order valence-electron chi connectivity index (χ3n) is 1.38. The fourth-order valence-corrected chi connectivity index (χ4v) is 2.13. The Hall–Kier alpha value is -0.820. The molecule has 1 aromatic heterocycles. The quantitative estimate of drug-likeness (QED) is 0.739. The van der Waals surface area contributed by atoms with Crippen molar-refractivity contribution in [2.24, 2.45) is 5.14 Å². The average molecular weight is 384 g/mol. The number of ether oxygens (including phenoxy) is 1. The summed E-state index contributed by atoms with van der Waals surface area (Å²) in [5.74, 6) is -1.86. The first-order valence-electron chi connectivity index (χ1n) is 3.69. The van der Waals surface area contributed by atoms with Gasteiger partial charge in [-0.2, -0.15) is 4.98 Å². The van der Waals surface area contributed by atoms with Crippen molar-refractivity contribution in [3.63, 3.8) is 0 Å². The first kappa shape index (κ1) is 14.2. The maximum absolute atomic E-state index is 11.9. The van der Waals surface area contributed by atoms with Gasteiger partial charge in [0.05, 0.1) is 3.57 Å². The van der Waals surface area contributed by atoms with E-state index in [1.807, 2.05) is 0 Å². The molecular weight excluding hydrogens is 380 g/mol. The molecule has 0 saturated carbocycles. The maximum Gasteiger partial charge on any atom is 0.574 e. The van der Waals surface area contributed by atoms with E-state index in [4.69, 9.17) is 0 Å². The van der Waals surface area contributed by atoms with E-state index in [0.29, 0.717) is 0 Å². The summed E-state index contributed by atoms with van der Waals surface area (Å²) in [7, 11) is -4.45. The number of nitrogens with zero attached hydrogens (tertiary/aromatic N) is 1. The van der Waals surface area contributed by atoms with Crippen molar-refractivity contribution in [3.8, 4) is 11.6 Å². The van der Waals surface area contributed by atoms with Gasteiger partial charge in [-0.15, -0.1) is 13.2 Å². The molecule has 1 aromatic rings. The number of alkyl halides is 3. The Labute approximate surface area is 107 Å². The topological polar surface area (TPSA) is 103 Å². The molecule has 0 bridgehead atoms. The zero-order valence-electron chi connectivity index (χ0n) is 7.69. The Morgan fingerprint density at radius 3 is 2.41 bits per heavy atom. The highest BCUT2D eigenvalue weighted by Gasteiger charge is 2.33. The monoisotopic (exact) mass is 384 g/mol. The highest BCUT2D eigenvalue weighted by atomic mass is 127. The lowest BCUT2D eigenvalue weighted by Crippen LogP contribution is -2.20. The highest BCUT2D eigenvalue weighted by Crippen LogP contribution is 2.31. The smallest absolute Gasteiger partial charge is 0.504 e. The first-order chi connectivity index (χ1) is 7.50. The van der Waals surface area contributed by atoms with Crippen molar-refractivity contribution in [3.05, 3.63) is 9.64 Å². The minimum absolute atomic E-state index is 0.194. The molecule has 0 unspecified atom stereocenters. The molecule has 17 heavy (non-hydrogen) atoms. The maximum atomic E-state index is 11.9. The van der Waals surface area contributed by atoms with E-state index in [2.05, 4.69) is 14.9 Å². The van der Waals surface area contributed by atoms with Crippen LogP contribution in [0.25, 0.3) is 0 Å². The molecule has 0 aromatic carbocycles. The van der Waals surface area contributed by atoms with E-state index in [0.717, 1.165) is 6.07 Å². The lowest BCUT2D eigenvalue weighted by atomic mass is 10.4. The van der Waals surface area contributed by atoms with Crippen LogP contribution < -0.4 is 9.88 Å². The van der Waals surface area contributed by atoms with Crippen LogP contribution >= 0.6 is 22.6 Å². The summed E-state index contributed by atoms with van der Waals surface area (Å²) < 4.78 is 60.8. The van der Waals surface area contributed by atoms with Crippen LogP contribution in [0.2, 0.25) is 0 Å². The predicted molar refractivity (Wildman–Crippen MR) is 56.7 cm³/mol. The van der Waals surface area contributed by atoms with Gasteiger partial charge in [-0.1, -0.05) is 0 Å². The summed E-state index contributed by atoms with van der Waals surface area (Å²) in [6.07, 6.45) is -5.03. The SMILES string of the molecule is NS(=O)(=O)c1nc(OC(F)(F)F)cc(I)c1O. The van der Waals surface area contributed by atoms with Gasteiger partial charge in [0.25, 0.3) is 10.0 Å². The summed E-state index contributed by atoms with van der Waals surface area (Å²) in [5, 5.41) is 12.9. The number of hydrogen-bond acceptors (Lipinski definition) is 5. The van der Waals surface area contributed by atoms with Gasteiger partial charge in [0, 0.05) is 6.07 Å². The van der Waals surface area contributed by atoms with E-state index in [1.54, 1.807) is 0 Å². The van der Waals surface area contributed by atoms with Gasteiger partial charge < -0.3 is 9.84 Å². The van der Waals surface area contributed by atoms with Crippen LogP contribution in [0, 0.1) is 3.57 Å². The molecule has 0 spiro atoms. The number of rotatable bonds is 2. The average Bonchev–Trinajstić information content (AvgIpc) is 2.06. The zero-order chi connectivity index (χ0) is 13.4. The first-order valence-corrected chi connectivity index (χ1v) is 6.31. The highest BCUT2D eigenvalue weighted by molar-refractivity contribution is 14.1. The summed E-state index contributed by atoms with van der Waals surface area (Å²) in [5.41, 5.74) is 0. The van der Waals surface area contributed by atoms with Crippen LogP contribution in [0.1, 0.15) is 0 Å². The third kappa shape index (κ3) is 3.85. The van der Waals surface area contributed by atoms with Gasteiger partial charge in [-0.05, 0) is 22.6 Å². The van der Waals surface area contributed by atoms with Crippen LogP contribution in [-0.2, 0) is 10.0 Å². The number of hydrogen-bond donors (Lipinski definition) is 2. The number of aromatic hydroxyl groups is 1. The normalized spacial score (nSPS) is 12.5. The molecule has 0 fully saturated rings. The minimum atomic E-state index is -5.03. The summed E-state index contributed by atoms with van der Waals surface area (Å²) in [4.78, 5) is 2.98. The van der Waals surface area contributed by atoms with E-state index in [1.165, 1.54) is 22.6 Å². The molecule has 1 rings (SSSR count). The van der Waals surface area contributed by atoms with Gasteiger partial charge in [-0.3, -0.25) is 0 Å². The Balaban J connectivity index is 3.35. The van der Waals surface area contributed by atoms with Crippen LogP contribution in [0.15, 0.2) is 11.1 Å². The van der Waals surface area contributed by atoms with Crippen molar-refractivity contribution in [1.82, 2.24) is 4.98 Å². The molecule has 1 heterocycles. The number of pyridine rings is 1. The third-order valence-corrected chi connectivity index (χ3v) is 3.03. The van der Waals surface area contributed by atoms with Crippen molar-refractivity contribution in [2.75, 3.05) is 0 Å². The number of primary sulfonamides is 1. The summed E-state index contributed by atoms with van der Waals surface area (Å²) in [6, 6.07) is 0.720. The Morgan fingerprint density at radius 1 is 1.47 bits per heavy atom. The Morgan fingerprint density at radius 2 is 2.00 bits per heavy atom. The van der Waals surface area contributed by atoms with Gasteiger partial charge >= 0.3 is 6.36 Å². The lowest BCUT2D eigenvalue weighted by molar-refractivity contribution is -0.276. The molecule has 96 valence electrons. The van der Waals surface area contributed by atoms with Gasteiger partial charge in [-0.25, -0.2) is 13.6 Å². The molecule has 11 heteroatoms. The summed E-state index contributed by atoms with van der Waals surface area (Å²) >= 11 is 1.41. The second-order valence-electron chi connectivity index (χ2n) is 2.69. The predicted octanol–water partition coefficient (Wildman–Crippen LogP) is 0.938. The van der Waals surface area contributed by atoms with Crippen molar-refractivity contribution < 1.29 is 31.4 Å². The molecule has 0 amide bonds. The molecule has 0 saturated heterocycles. The number of sulfonamides is 1. The second kappa shape index (κ2) is 4.45. The largest absolute Gasteiger partial charge is 0.574 e. The zero-order valence-corrected chi connectivity index (χ0v) is 10.7. The van der Waals surface area contributed by atoms with Gasteiger partial charge in [0.15, 0.2) is 5.75 Å². The summed E-state index contributed by atoms with van der Waals surface area (Å²) in [6.45, 7) is 0. The van der Waals surface area contributed by atoms with Crippen molar-refractivity contribution >= 4 is 32.6 Å². The van der Waals surface area contributed by atoms with Crippen LogP contribution in [0.3, 0.4) is 0 Å². The van der Waals surface area contributed by atoms with E-state index in [-0.39, 0.29) is 3.57 Å². The molecule has 0 aliphatic rings. The number of aromatic nitrogens is 1. The molecule has 3 N–H and O–H groups in total. The molecular formula is C6H4F3IN2O4S. The van der Waals surface area contributed by atoms with Gasteiger partial charge in [0.1, 0.15) is 0 Å². The Bertz CT molecular complexity index is 545. The lowest BCUT2D eigenvalue weighted by Gasteiger charge is -2.10. The molecule has 0 atom stereocenters. The molecule has 6 nitrogen and oxygen atoms in total. The number of halogens is 4. The fourth-order valence-electron chi connectivity index (χ4n) is 0.833. The number of nitrogens with two attached hydrogens (primary N) is 1. The van der Waals surface area contributed by atoms with Crippen LogP contribution in [0.4, 0.5) is 13.2 Å². The van der Waals surface area contributed by atoms with Gasteiger partial charge in [0.2, 0.25) is 10.9 Å². The van der Waals surface area contributed by atoms with E-state index >= 15 is 0 Å². The molecule has 0 aliphatic heterocycles. The van der Waals surface area contributed by atoms with E-state index < -0.39 is 33.0 Å². The standard InChI is InChI=1S/C6H4F3IN2O4S/c7-6(8,9)16-3-1-2(10)4(13)5(12-3)17(11,14)15/h1,13H,(H2,11,14,15). The van der Waals surface area contributed by atoms with E-state index in [9.17, 15) is 26.7 Å². The minimum Gasteiger partial charge on any atom is -0.504 e. The van der Waals surface area contributed by atoms with Crippen LogP contribution in [0.5, 0.6) is 11.6 Å². The molecule has 0 aliphatic carbocycles. The fraction of sp³-hybridized carbons (Fsp3) is 0.167. The van der Waals surface area contributed by atoms with Crippen molar-refractivity contribution in [1.29, 1.82) is 0 Å².